The number of methoxy groups -OCH3 is 1. The minimum atomic E-state index is -3.63. The number of hydrogen-bond acceptors (Lipinski definition) is 4. The molecule has 136 valence electrons. The molecule has 3 rings (SSSR count). The van der Waals surface area contributed by atoms with Gasteiger partial charge >= 0.3 is 0 Å². The van der Waals surface area contributed by atoms with Crippen LogP contribution in [0.15, 0.2) is 17.0 Å². The quantitative estimate of drug-likeness (QED) is 0.798. The number of hydrogen-bond donors (Lipinski definition) is 2. The van der Waals surface area contributed by atoms with Crippen molar-refractivity contribution in [3.63, 3.8) is 0 Å². The maximum absolute atomic E-state index is 12.6. The van der Waals surface area contributed by atoms with E-state index < -0.39 is 10.0 Å². The van der Waals surface area contributed by atoms with Crippen molar-refractivity contribution in [1.29, 1.82) is 0 Å². The first kappa shape index (κ1) is 18.1. The number of carbonyl (C=O) groups is 1. The van der Waals surface area contributed by atoms with Gasteiger partial charge in [-0.1, -0.05) is 13.8 Å². The second kappa shape index (κ2) is 6.23. The molecular formula is C18H24N2O4S. The number of Topliss-reactive ketones (excluding diaryl/α,β-unsaturated/α-hetero) is 1. The van der Waals surface area contributed by atoms with Gasteiger partial charge in [0.1, 0.15) is 0 Å². The molecule has 1 aromatic heterocycles. The number of aromatic nitrogens is 1. The molecule has 6 nitrogen and oxygen atoms in total. The van der Waals surface area contributed by atoms with Gasteiger partial charge in [-0.25, -0.2) is 13.1 Å². The molecule has 1 heterocycles. The van der Waals surface area contributed by atoms with E-state index in [9.17, 15) is 13.2 Å². The van der Waals surface area contributed by atoms with Crippen LogP contribution < -0.4 is 4.72 Å². The molecule has 1 aliphatic carbocycles. The highest BCUT2D eigenvalue weighted by atomic mass is 32.2. The average Bonchev–Trinajstić information content (AvgIpc) is 2.82. The van der Waals surface area contributed by atoms with Gasteiger partial charge in [-0.05, 0) is 36.5 Å². The smallest absolute Gasteiger partial charge is 0.240 e. The van der Waals surface area contributed by atoms with E-state index >= 15 is 0 Å². The standard InChI is InChI=1S/C18H24N2O4S/c1-11-7-12-13(8-16(11)25(22,23)19-5-6-24-4)20-14-9-18(2,3)10-15(21)17(12)14/h7-8,19-20H,5-6,9-10H2,1-4H3. The number of ether oxygens (including phenoxy) is 1. The summed E-state index contributed by atoms with van der Waals surface area (Å²) in [7, 11) is -2.11. The van der Waals surface area contributed by atoms with Crippen LogP contribution >= 0.6 is 0 Å². The molecule has 2 N–H and O–H groups in total. The van der Waals surface area contributed by atoms with Gasteiger partial charge in [0.25, 0.3) is 0 Å². The summed E-state index contributed by atoms with van der Waals surface area (Å²) in [5, 5.41) is 0.809. The topological polar surface area (TPSA) is 88.3 Å². The second-order valence-corrected chi connectivity index (χ2v) is 9.21. The average molecular weight is 364 g/mol. The summed E-state index contributed by atoms with van der Waals surface area (Å²) in [4.78, 5) is 16.1. The molecule has 1 aromatic carbocycles. The van der Waals surface area contributed by atoms with Crippen LogP contribution in [0.3, 0.4) is 0 Å². The van der Waals surface area contributed by atoms with Gasteiger partial charge in [-0.2, -0.15) is 0 Å². The molecule has 0 fully saturated rings. The molecular weight excluding hydrogens is 340 g/mol. The van der Waals surface area contributed by atoms with Crippen LogP contribution in [-0.4, -0.2) is 39.4 Å². The monoisotopic (exact) mass is 364 g/mol. The normalized spacial score (nSPS) is 17.0. The van der Waals surface area contributed by atoms with Crippen LogP contribution in [0.25, 0.3) is 10.9 Å². The second-order valence-electron chi connectivity index (χ2n) is 7.47. The Morgan fingerprint density at radius 3 is 2.68 bits per heavy atom. The Balaban J connectivity index is 2.08. The highest BCUT2D eigenvalue weighted by molar-refractivity contribution is 7.89. The Bertz CT molecular complexity index is 942. The summed E-state index contributed by atoms with van der Waals surface area (Å²) in [5.41, 5.74) is 2.84. The van der Waals surface area contributed by atoms with Crippen molar-refractivity contribution >= 4 is 26.7 Å². The first-order chi connectivity index (χ1) is 11.6. The lowest BCUT2D eigenvalue weighted by atomic mass is 9.76. The predicted octanol–water partition coefficient (Wildman–Crippen LogP) is 2.56. The largest absolute Gasteiger partial charge is 0.383 e. The highest BCUT2D eigenvalue weighted by Gasteiger charge is 2.34. The molecule has 0 bridgehead atoms. The zero-order valence-electron chi connectivity index (χ0n) is 15.0. The number of sulfonamides is 1. The van der Waals surface area contributed by atoms with Crippen molar-refractivity contribution in [1.82, 2.24) is 9.71 Å². The molecule has 0 spiro atoms. The predicted molar refractivity (Wildman–Crippen MR) is 96.5 cm³/mol. The highest BCUT2D eigenvalue weighted by Crippen LogP contribution is 2.38. The number of rotatable bonds is 5. The van der Waals surface area contributed by atoms with E-state index in [-0.39, 0.29) is 22.6 Å². The van der Waals surface area contributed by atoms with Crippen LogP contribution in [0.2, 0.25) is 0 Å². The van der Waals surface area contributed by atoms with Gasteiger partial charge < -0.3 is 9.72 Å². The number of aromatic amines is 1. The van der Waals surface area contributed by atoms with Crippen molar-refractivity contribution in [3.8, 4) is 0 Å². The summed E-state index contributed by atoms with van der Waals surface area (Å²) < 4.78 is 32.5. The van der Waals surface area contributed by atoms with E-state index in [2.05, 4.69) is 23.6 Å². The molecule has 0 aliphatic heterocycles. The van der Waals surface area contributed by atoms with Gasteiger partial charge in [-0.3, -0.25) is 4.79 Å². The molecule has 0 radical (unpaired) electrons. The van der Waals surface area contributed by atoms with Crippen LogP contribution in [0.1, 0.15) is 41.9 Å². The number of aryl methyl sites for hydroxylation is 1. The zero-order valence-corrected chi connectivity index (χ0v) is 15.8. The fraction of sp³-hybridized carbons (Fsp3) is 0.500. The molecule has 0 saturated heterocycles. The van der Waals surface area contributed by atoms with Crippen molar-refractivity contribution in [3.05, 3.63) is 29.0 Å². The molecule has 0 atom stereocenters. The minimum Gasteiger partial charge on any atom is -0.383 e. The summed E-state index contributed by atoms with van der Waals surface area (Å²) in [6, 6.07) is 3.42. The fourth-order valence-corrected chi connectivity index (χ4v) is 4.81. The van der Waals surface area contributed by atoms with E-state index in [1.165, 1.54) is 7.11 Å². The number of nitrogens with one attached hydrogen (secondary N) is 2. The lowest BCUT2D eigenvalue weighted by molar-refractivity contribution is 0.0913. The van der Waals surface area contributed by atoms with Gasteiger partial charge in [0.2, 0.25) is 10.0 Å². The Hall–Kier alpha value is -1.70. The number of ketones is 1. The SMILES string of the molecule is COCCNS(=O)(=O)c1cc2[nH]c3c(c2cc1C)C(=O)CC(C)(C)C3. The summed E-state index contributed by atoms with van der Waals surface area (Å²) in [6.45, 7) is 6.41. The van der Waals surface area contributed by atoms with E-state index in [1.54, 1.807) is 19.1 Å². The van der Waals surface area contributed by atoms with Crippen LogP contribution in [0.4, 0.5) is 0 Å². The lowest BCUT2D eigenvalue weighted by Gasteiger charge is -2.28. The molecule has 0 amide bonds. The number of fused-ring (bicyclic) bond motifs is 3. The van der Waals surface area contributed by atoms with Crippen molar-refractivity contribution in [2.45, 2.75) is 38.5 Å². The van der Waals surface area contributed by atoms with Crippen LogP contribution in [0.5, 0.6) is 0 Å². The molecule has 0 saturated carbocycles. The number of carbonyl (C=O) groups excluding carboxylic acids is 1. The first-order valence-corrected chi connectivity index (χ1v) is 9.80. The lowest BCUT2D eigenvalue weighted by Crippen LogP contribution is -2.27. The van der Waals surface area contributed by atoms with Crippen LogP contribution in [-0.2, 0) is 21.2 Å². The fourth-order valence-electron chi connectivity index (χ4n) is 3.55. The Morgan fingerprint density at radius 2 is 2.00 bits per heavy atom. The summed E-state index contributed by atoms with van der Waals surface area (Å²) >= 11 is 0. The Kier molecular flexibility index (Phi) is 4.51. The van der Waals surface area contributed by atoms with E-state index in [0.717, 1.165) is 17.5 Å². The van der Waals surface area contributed by atoms with E-state index in [4.69, 9.17) is 4.74 Å². The van der Waals surface area contributed by atoms with E-state index in [0.29, 0.717) is 29.7 Å². The minimum absolute atomic E-state index is 0.0867. The van der Waals surface area contributed by atoms with Crippen molar-refractivity contribution in [2.75, 3.05) is 20.3 Å². The number of H-pyrrole nitrogens is 1. The Morgan fingerprint density at radius 1 is 1.28 bits per heavy atom. The van der Waals surface area contributed by atoms with Gasteiger partial charge in [0, 0.05) is 42.2 Å². The third-order valence-electron chi connectivity index (χ3n) is 4.63. The van der Waals surface area contributed by atoms with Gasteiger partial charge in [0.15, 0.2) is 5.78 Å². The molecule has 1 aliphatic rings. The zero-order chi connectivity index (χ0) is 18.4. The summed E-state index contributed by atoms with van der Waals surface area (Å²) in [6.07, 6.45) is 1.28. The maximum atomic E-state index is 12.6. The molecule has 2 aromatic rings. The molecule has 25 heavy (non-hydrogen) atoms. The third kappa shape index (κ3) is 3.36. The van der Waals surface area contributed by atoms with Crippen LogP contribution in [0, 0.1) is 12.3 Å². The van der Waals surface area contributed by atoms with Crippen molar-refractivity contribution in [2.24, 2.45) is 5.41 Å². The summed E-state index contributed by atoms with van der Waals surface area (Å²) in [5.74, 6) is 0.116. The Labute approximate surface area is 148 Å². The number of benzene rings is 1. The first-order valence-electron chi connectivity index (χ1n) is 8.32. The van der Waals surface area contributed by atoms with Crippen molar-refractivity contribution < 1.29 is 17.9 Å². The molecule has 0 unspecified atom stereocenters. The third-order valence-corrected chi connectivity index (χ3v) is 6.24. The van der Waals surface area contributed by atoms with E-state index in [1.807, 2.05) is 0 Å². The van der Waals surface area contributed by atoms with Gasteiger partial charge in [-0.15, -0.1) is 0 Å². The van der Waals surface area contributed by atoms with Gasteiger partial charge in [0.05, 0.1) is 11.5 Å². The molecule has 7 heteroatoms. The maximum Gasteiger partial charge on any atom is 0.240 e.